The van der Waals surface area contributed by atoms with E-state index in [-0.39, 0.29) is 17.2 Å². The highest BCUT2D eigenvalue weighted by Gasteiger charge is 2.31. The van der Waals surface area contributed by atoms with Crippen LogP contribution in [0, 0.1) is 0 Å². The fourth-order valence-corrected chi connectivity index (χ4v) is 2.64. The number of aliphatic hydroxyl groups is 1. The molecule has 0 spiro atoms. The lowest BCUT2D eigenvalue weighted by Gasteiger charge is -2.23. The highest BCUT2D eigenvalue weighted by molar-refractivity contribution is 7.80. The van der Waals surface area contributed by atoms with E-state index in [1.54, 1.807) is 24.3 Å². The van der Waals surface area contributed by atoms with Crippen molar-refractivity contribution in [3.63, 3.8) is 0 Å². The first kappa shape index (κ1) is 21.5. The maximum atomic E-state index is 13.0. The summed E-state index contributed by atoms with van der Waals surface area (Å²) in [7, 11) is 0. The number of halogens is 3. The van der Waals surface area contributed by atoms with Crippen LogP contribution in [0.3, 0.4) is 0 Å². The van der Waals surface area contributed by atoms with Crippen LogP contribution in [-0.4, -0.2) is 29.3 Å². The Labute approximate surface area is 164 Å². The summed E-state index contributed by atoms with van der Waals surface area (Å²) >= 11 is 5.22. The SMILES string of the molecule is Nc1ccccc1NC(=S)N[C@@H](CNC(=O)CO)c1cccc(C(F)(F)F)c1. The molecule has 10 heteroatoms. The zero-order valence-electron chi connectivity index (χ0n) is 14.6. The van der Waals surface area contributed by atoms with Gasteiger partial charge in [-0.2, -0.15) is 13.2 Å². The highest BCUT2D eigenvalue weighted by Crippen LogP contribution is 2.30. The van der Waals surface area contributed by atoms with Gasteiger partial charge in [0.1, 0.15) is 6.61 Å². The standard InChI is InChI=1S/C18H19F3N4O2S/c19-18(20,21)12-5-3-4-11(8-12)15(9-23-16(27)10-26)25-17(28)24-14-7-2-1-6-13(14)22/h1-8,15,26H,9-10,22H2,(H,23,27)(H2,24,25,28)/t15-/m0/s1. The molecule has 0 unspecified atom stereocenters. The van der Waals surface area contributed by atoms with Crippen LogP contribution in [0.5, 0.6) is 0 Å². The van der Waals surface area contributed by atoms with Crippen molar-refractivity contribution in [3.05, 3.63) is 59.7 Å². The second-order valence-corrected chi connectivity index (χ2v) is 6.23. The Kier molecular flexibility index (Phi) is 7.18. The van der Waals surface area contributed by atoms with Gasteiger partial charge in [0.2, 0.25) is 5.91 Å². The number of thiocarbonyl (C=S) groups is 1. The molecule has 150 valence electrons. The lowest BCUT2D eigenvalue weighted by atomic mass is 10.0. The predicted octanol–water partition coefficient (Wildman–Crippen LogP) is 2.42. The van der Waals surface area contributed by atoms with E-state index in [9.17, 15) is 18.0 Å². The molecule has 0 bridgehead atoms. The zero-order valence-corrected chi connectivity index (χ0v) is 15.4. The molecule has 6 nitrogen and oxygen atoms in total. The molecule has 0 aliphatic heterocycles. The maximum Gasteiger partial charge on any atom is 0.416 e. The predicted molar refractivity (Wildman–Crippen MR) is 104 cm³/mol. The number of para-hydroxylation sites is 2. The molecular weight excluding hydrogens is 393 g/mol. The lowest BCUT2D eigenvalue weighted by Crippen LogP contribution is -2.40. The van der Waals surface area contributed by atoms with Gasteiger partial charge < -0.3 is 26.8 Å². The molecule has 28 heavy (non-hydrogen) atoms. The van der Waals surface area contributed by atoms with Gasteiger partial charge in [0, 0.05) is 6.54 Å². The first-order valence-electron chi connectivity index (χ1n) is 8.17. The molecule has 6 N–H and O–H groups in total. The number of rotatable bonds is 6. The summed E-state index contributed by atoms with van der Waals surface area (Å²) in [5.41, 5.74) is 6.25. The molecule has 1 atom stereocenters. The third-order valence-electron chi connectivity index (χ3n) is 3.78. The first-order valence-corrected chi connectivity index (χ1v) is 8.58. The summed E-state index contributed by atoms with van der Waals surface area (Å²) in [5.74, 6) is -0.662. The molecule has 0 saturated heterocycles. The van der Waals surface area contributed by atoms with E-state index in [2.05, 4.69) is 16.0 Å². The van der Waals surface area contributed by atoms with Gasteiger partial charge in [-0.25, -0.2) is 0 Å². The van der Waals surface area contributed by atoms with Crippen LogP contribution in [0.4, 0.5) is 24.5 Å². The number of alkyl halides is 3. The summed E-state index contributed by atoms with van der Waals surface area (Å²) in [6, 6.07) is 10.7. The van der Waals surface area contributed by atoms with Crippen LogP contribution in [-0.2, 0) is 11.0 Å². The average Bonchev–Trinajstić information content (AvgIpc) is 2.66. The molecule has 0 radical (unpaired) electrons. The number of hydrogen-bond acceptors (Lipinski definition) is 4. The zero-order chi connectivity index (χ0) is 20.7. The van der Waals surface area contributed by atoms with E-state index in [1.165, 1.54) is 12.1 Å². The highest BCUT2D eigenvalue weighted by atomic mass is 32.1. The van der Waals surface area contributed by atoms with Gasteiger partial charge in [-0.1, -0.05) is 24.3 Å². The van der Waals surface area contributed by atoms with E-state index < -0.39 is 30.3 Å². The Morgan fingerprint density at radius 1 is 1.18 bits per heavy atom. The van der Waals surface area contributed by atoms with Gasteiger partial charge in [0.25, 0.3) is 0 Å². The largest absolute Gasteiger partial charge is 0.416 e. The number of amides is 1. The molecule has 2 aromatic carbocycles. The van der Waals surface area contributed by atoms with E-state index in [1.807, 2.05) is 0 Å². The van der Waals surface area contributed by atoms with Crippen LogP contribution in [0.1, 0.15) is 17.2 Å². The van der Waals surface area contributed by atoms with Crippen LogP contribution < -0.4 is 21.7 Å². The number of nitrogens with one attached hydrogen (secondary N) is 3. The van der Waals surface area contributed by atoms with Crippen molar-refractivity contribution in [1.29, 1.82) is 0 Å². The van der Waals surface area contributed by atoms with Gasteiger partial charge >= 0.3 is 6.18 Å². The lowest BCUT2D eigenvalue weighted by molar-refractivity contribution is -0.137. The van der Waals surface area contributed by atoms with E-state index in [0.29, 0.717) is 11.4 Å². The summed E-state index contributed by atoms with van der Waals surface area (Å²) in [6.45, 7) is -0.828. The number of carbonyl (C=O) groups excluding carboxylic acids is 1. The van der Waals surface area contributed by atoms with Crippen molar-refractivity contribution < 1.29 is 23.1 Å². The minimum Gasteiger partial charge on any atom is -0.397 e. The van der Waals surface area contributed by atoms with E-state index in [0.717, 1.165) is 12.1 Å². The number of benzene rings is 2. The summed E-state index contributed by atoms with van der Waals surface area (Å²) in [5, 5.41) is 17.1. The molecule has 1 amide bonds. The second kappa shape index (κ2) is 9.38. The number of nitrogen functional groups attached to an aromatic ring is 1. The van der Waals surface area contributed by atoms with E-state index >= 15 is 0 Å². The van der Waals surface area contributed by atoms with Crippen molar-refractivity contribution in [3.8, 4) is 0 Å². The molecular formula is C18H19F3N4O2S. The van der Waals surface area contributed by atoms with Crippen molar-refractivity contribution in [2.45, 2.75) is 12.2 Å². The molecule has 2 aromatic rings. The van der Waals surface area contributed by atoms with Gasteiger partial charge in [-0.05, 0) is 42.0 Å². The molecule has 0 aromatic heterocycles. The average molecular weight is 412 g/mol. The molecule has 0 aliphatic carbocycles. The summed E-state index contributed by atoms with van der Waals surface area (Å²) in [6.07, 6.45) is -4.51. The van der Waals surface area contributed by atoms with Gasteiger partial charge in [0.15, 0.2) is 5.11 Å². The minimum absolute atomic E-state index is 0.0905. The summed E-state index contributed by atoms with van der Waals surface area (Å²) in [4.78, 5) is 11.4. The van der Waals surface area contributed by atoms with Gasteiger partial charge in [-0.3, -0.25) is 4.79 Å². The smallest absolute Gasteiger partial charge is 0.397 e. The number of nitrogens with two attached hydrogens (primary N) is 1. The van der Waals surface area contributed by atoms with Crippen molar-refractivity contribution in [2.24, 2.45) is 0 Å². The molecule has 0 heterocycles. The number of hydrogen-bond donors (Lipinski definition) is 5. The Morgan fingerprint density at radius 3 is 2.54 bits per heavy atom. The Hall–Kier alpha value is -2.85. The Balaban J connectivity index is 2.20. The third-order valence-corrected chi connectivity index (χ3v) is 4.00. The van der Waals surface area contributed by atoms with E-state index in [4.69, 9.17) is 23.1 Å². The topological polar surface area (TPSA) is 99.4 Å². The molecule has 0 saturated carbocycles. The van der Waals surface area contributed by atoms with Crippen LogP contribution >= 0.6 is 12.2 Å². The van der Waals surface area contributed by atoms with Gasteiger partial charge in [0.05, 0.1) is 23.0 Å². The van der Waals surface area contributed by atoms with Crippen LogP contribution in [0.15, 0.2) is 48.5 Å². The fraction of sp³-hybridized carbons (Fsp3) is 0.222. The number of aliphatic hydroxyl groups excluding tert-OH is 1. The molecule has 0 aliphatic rings. The number of anilines is 2. The first-order chi connectivity index (χ1) is 13.2. The van der Waals surface area contributed by atoms with Gasteiger partial charge in [-0.15, -0.1) is 0 Å². The van der Waals surface area contributed by atoms with Crippen molar-refractivity contribution >= 4 is 34.6 Å². The number of carbonyl (C=O) groups is 1. The quantitative estimate of drug-likeness (QED) is 0.369. The summed E-state index contributed by atoms with van der Waals surface area (Å²) < 4.78 is 39.1. The second-order valence-electron chi connectivity index (χ2n) is 5.82. The molecule has 0 fully saturated rings. The normalized spacial score (nSPS) is 12.1. The Bertz CT molecular complexity index is 846. The fourth-order valence-electron chi connectivity index (χ4n) is 2.38. The monoisotopic (exact) mass is 412 g/mol. The molecule has 2 rings (SSSR count). The third kappa shape index (κ3) is 6.10. The van der Waals surface area contributed by atoms with Crippen molar-refractivity contribution in [2.75, 3.05) is 24.2 Å². The maximum absolute atomic E-state index is 13.0. The van der Waals surface area contributed by atoms with Crippen LogP contribution in [0.2, 0.25) is 0 Å². The van der Waals surface area contributed by atoms with Crippen LogP contribution in [0.25, 0.3) is 0 Å². The Morgan fingerprint density at radius 2 is 1.89 bits per heavy atom. The minimum atomic E-state index is -4.51. The van der Waals surface area contributed by atoms with Crippen molar-refractivity contribution in [1.82, 2.24) is 10.6 Å².